The number of nitrogens with zero attached hydrogens (tertiary/aromatic N) is 4. The molecule has 0 radical (unpaired) electrons. The van der Waals surface area contributed by atoms with Crippen LogP contribution in [0.1, 0.15) is 27.6 Å². The Morgan fingerprint density at radius 1 is 1.24 bits per heavy atom. The molecule has 4 heterocycles. The van der Waals surface area contributed by atoms with E-state index in [4.69, 9.17) is 8.94 Å². The Balaban J connectivity index is 1.87. The zero-order chi connectivity index (χ0) is 17.6. The molecule has 126 valence electrons. The fourth-order valence-corrected chi connectivity index (χ4v) is 3.13. The van der Waals surface area contributed by atoms with E-state index in [1.54, 1.807) is 18.5 Å². The van der Waals surface area contributed by atoms with Gasteiger partial charge in [-0.05, 0) is 32.9 Å². The lowest BCUT2D eigenvalue weighted by molar-refractivity contribution is 0.102. The van der Waals surface area contributed by atoms with Crippen LogP contribution in [-0.4, -0.2) is 26.2 Å². The molecule has 0 saturated carbocycles. The van der Waals surface area contributed by atoms with E-state index >= 15 is 0 Å². The SMILES string of the molecule is Cc1cc(-c2cc(C(=O)Nc3nncs3)c3c(C)noc3n2)c(C)o1. The van der Waals surface area contributed by atoms with Gasteiger partial charge in [0.05, 0.1) is 22.3 Å². The highest BCUT2D eigenvalue weighted by molar-refractivity contribution is 7.13. The molecule has 4 rings (SSSR count). The second-order valence-corrected chi connectivity index (χ2v) is 6.36. The summed E-state index contributed by atoms with van der Waals surface area (Å²) in [5.74, 6) is 1.16. The van der Waals surface area contributed by atoms with Gasteiger partial charge in [-0.15, -0.1) is 10.2 Å². The third-order valence-corrected chi connectivity index (χ3v) is 4.37. The number of rotatable bonds is 3. The number of pyridine rings is 1. The van der Waals surface area contributed by atoms with Crippen LogP contribution < -0.4 is 5.32 Å². The average molecular weight is 355 g/mol. The summed E-state index contributed by atoms with van der Waals surface area (Å²) >= 11 is 1.24. The van der Waals surface area contributed by atoms with Crippen LogP contribution in [0.4, 0.5) is 5.13 Å². The molecule has 4 aromatic heterocycles. The lowest BCUT2D eigenvalue weighted by atomic mass is 10.1. The van der Waals surface area contributed by atoms with Crippen molar-refractivity contribution in [1.82, 2.24) is 20.3 Å². The number of aromatic nitrogens is 4. The minimum absolute atomic E-state index is 0.302. The van der Waals surface area contributed by atoms with Gasteiger partial charge in [0.1, 0.15) is 17.0 Å². The summed E-state index contributed by atoms with van der Waals surface area (Å²) in [6, 6.07) is 3.58. The molecule has 9 heteroatoms. The summed E-state index contributed by atoms with van der Waals surface area (Å²) in [6.07, 6.45) is 0. The molecule has 0 saturated heterocycles. The summed E-state index contributed by atoms with van der Waals surface area (Å²) in [4.78, 5) is 17.2. The first-order valence-corrected chi connectivity index (χ1v) is 8.33. The van der Waals surface area contributed by atoms with Crippen molar-refractivity contribution in [3.63, 3.8) is 0 Å². The molecule has 0 atom stereocenters. The lowest BCUT2D eigenvalue weighted by Gasteiger charge is -2.06. The van der Waals surface area contributed by atoms with Crippen molar-refractivity contribution in [3.05, 3.63) is 40.4 Å². The second-order valence-electron chi connectivity index (χ2n) is 5.53. The highest BCUT2D eigenvalue weighted by Gasteiger charge is 2.21. The first kappa shape index (κ1) is 15.5. The minimum atomic E-state index is -0.324. The maximum Gasteiger partial charge on any atom is 0.259 e. The zero-order valence-corrected chi connectivity index (χ0v) is 14.5. The largest absolute Gasteiger partial charge is 0.466 e. The maximum atomic E-state index is 12.8. The molecular weight excluding hydrogens is 342 g/mol. The second kappa shape index (κ2) is 5.78. The van der Waals surface area contributed by atoms with Gasteiger partial charge in [0.25, 0.3) is 11.6 Å². The average Bonchev–Trinajstić information content (AvgIpc) is 3.28. The van der Waals surface area contributed by atoms with E-state index in [0.717, 1.165) is 17.1 Å². The summed E-state index contributed by atoms with van der Waals surface area (Å²) in [6.45, 7) is 5.47. The monoisotopic (exact) mass is 355 g/mol. The first-order valence-electron chi connectivity index (χ1n) is 7.45. The standard InChI is InChI=1S/C16H13N5O3S/c1-7-4-10(9(3)23-7)12-5-11(13-8(2)21-24-15(13)18-12)14(22)19-16-20-17-6-25-16/h4-6H,1-3H3,(H,19,20,22). The Morgan fingerprint density at radius 3 is 2.76 bits per heavy atom. The molecule has 0 unspecified atom stereocenters. The van der Waals surface area contributed by atoms with Crippen molar-refractivity contribution in [3.8, 4) is 11.3 Å². The van der Waals surface area contributed by atoms with Gasteiger partial charge >= 0.3 is 0 Å². The van der Waals surface area contributed by atoms with Crippen LogP contribution in [0.5, 0.6) is 0 Å². The summed E-state index contributed by atoms with van der Waals surface area (Å²) in [5, 5.41) is 15.2. The van der Waals surface area contributed by atoms with Gasteiger partial charge in [-0.25, -0.2) is 4.98 Å². The number of anilines is 1. The Kier molecular flexibility index (Phi) is 3.57. The molecule has 0 aromatic carbocycles. The smallest absolute Gasteiger partial charge is 0.259 e. The Morgan fingerprint density at radius 2 is 2.08 bits per heavy atom. The first-order chi connectivity index (χ1) is 12.0. The number of fused-ring (bicyclic) bond motifs is 1. The van der Waals surface area contributed by atoms with Crippen LogP contribution in [0.2, 0.25) is 0 Å². The van der Waals surface area contributed by atoms with Crippen molar-refractivity contribution in [2.24, 2.45) is 0 Å². The number of nitrogens with one attached hydrogen (secondary N) is 1. The highest BCUT2D eigenvalue weighted by Crippen LogP contribution is 2.30. The van der Waals surface area contributed by atoms with E-state index in [-0.39, 0.29) is 5.91 Å². The van der Waals surface area contributed by atoms with Gasteiger partial charge in [-0.1, -0.05) is 16.5 Å². The molecule has 1 amide bonds. The molecule has 8 nitrogen and oxygen atoms in total. The third-order valence-electron chi connectivity index (χ3n) is 3.76. The van der Waals surface area contributed by atoms with Crippen LogP contribution in [0.15, 0.2) is 26.6 Å². The van der Waals surface area contributed by atoms with Gasteiger partial charge in [-0.2, -0.15) is 0 Å². The van der Waals surface area contributed by atoms with Gasteiger partial charge in [0.2, 0.25) is 5.13 Å². The molecule has 0 aliphatic rings. The number of amides is 1. The lowest BCUT2D eigenvalue weighted by Crippen LogP contribution is -2.13. The molecule has 25 heavy (non-hydrogen) atoms. The molecular formula is C16H13N5O3S. The molecule has 0 bridgehead atoms. The number of furan rings is 1. The minimum Gasteiger partial charge on any atom is -0.466 e. The number of carbonyl (C=O) groups excluding carboxylic acids is 1. The maximum absolute atomic E-state index is 12.8. The van der Waals surface area contributed by atoms with Crippen LogP contribution in [0, 0.1) is 20.8 Å². The van der Waals surface area contributed by atoms with Crippen LogP contribution in [0.25, 0.3) is 22.4 Å². The summed E-state index contributed by atoms with van der Waals surface area (Å²) < 4.78 is 10.9. The molecule has 0 aliphatic carbocycles. The van der Waals surface area contributed by atoms with Gasteiger partial charge in [-0.3, -0.25) is 10.1 Å². The molecule has 4 aromatic rings. The summed E-state index contributed by atoms with van der Waals surface area (Å²) in [5.41, 5.74) is 4.24. The van der Waals surface area contributed by atoms with E-state index in [9.17, 15) is 4.79 Å². The number of aryl methyl sites for hydroxylation is 3. The van der Waals surface area contributed by atoms with Crippen LogP contribution in [-0.2, 0) is 0 Å². The topological polar surface area (TPSA) is 107 Å². The Labute approximate surface area is 145 Å². The Bertz CT molecular complexity index is 1080. The Hall–Kier alpha value is -3.07. The molecule has 0 aliphatic heterocycles. The normalized spacial score (nSPS) is 11.2. The quantitative estimate of drug-likeness (QED) is 0.599. The fraction of sp³-hybridized carbons (Fsp3) is 0.188. The highest BCUT2D eigenvalue weighted by atomic mass is 32.1. The number of hydrogen-bond acceptors (Lipinski definition) is 8. The van der Waals surface area contributed by atoms with Crippen molar-refractivity contribution in [1.29, 1.82) is 0 Å². The van der Waals surface area contributed by atoms with Crippen molar-refractivity contribution < 1.29 is 13.7 Å². The van der Waals surface area contributed by atoms with Gasteiger partial charge in [0.15, 0.2) is 0 Å². The predicted octanol–water partition coefficient (Wildman–Crippen LogP) is 3.51. The van der Waals surface area contributed by atoms with E-state index in [1.165, 1.54) is 11.3 Å². The molecule has 0 spiro atoms. The summed E-state index contributed by atoms with van der Waals surface area (Å²) in [7, 11) is 0. The number of hydrogen-bond donors (Lipinski definition) is 1. The van der Waals surface area contributed by atoms with E-state index in [1.807, 2.05) is 19.9 Å². The van der Waals surface area contributed by atoms with Crippen molar-refractivity contribution in [2.75, 3.05) is 5.32 Å². The van der Waals surface area contributed by atoms with Gasteiger partial charge in [0, 0.05) is 5.56 Å². The predicted molar refractivity (Wildman–Crippen MR) is 91.6 cm³/mol. The van der Waals surface area contributed by atoms with Crippen molar-refractivity contribution >= 4 is 33.5 Å². The van der Waals surface area contributed by atoms with E-state index in [0.29, 0.717) is 33.2 Å². The number of carbonyl (C=O) groups is 1. The van der Waals surface area contributed by atoms with Crippen molar-refractivity contribution in [2.45, 2.75) is 20.8 Å². The third kappa shape index (κ3) is 2.68. The van der Waals surface area contributed by atoms with Crippen LogP contribution >= 0.6 is 11.3 Å². The van der Waals surface area contributed by atoms with Gasteiger partial charge < -0.3 is 8.94 Å². The molecule has 0 fully saturated rings. The van der Waals surface area contributed by atoms with E-state index in [2.05, 4.69) is 25.7 Å². The van der Waals surface area contributed by atoms with E-state index < -0.39 is 0 Å². The zero-order valence-electron chi connectivity index (χ0n) is 13.7. The van der Waals surface area contributed by atoms with Crippen LogP contribution in [0.3, 0.4) is 0 Å². The fourth-order valence-electron chi connectivity index (χ4n) is 2.69. The molecule has 1 N–H and O–H groups in total.